The Morgan fingerprint density at radius 3 is 2.79 bits per heavy atom. The van der Waals surface area contributed by atoms with Crippen molar-refractivity contribution in [1.82, 2.24) is 4.98 Å². The van der Waals surface area contributed by atoms with Gasteiger partial charge in [-0.3, -0.25) is 9.79 Å². The van der Waals surface area contributed by atoms with Gasteiger partial charge in [0.05, 0.1) is 30.4 Å². The van der Waals surface area contributed by atoms with Gasteiger partial charge in [-0.05, 0) is 42.8 Å². The number of ketones is 1. The number of aryl methyl sites for hydroxylation is 1. The van der Waals surface area contributed by atoms with E-state index in [0.717, 1.165) is 16.9 Å². The van der Waals surface area contributed by atoms with E-state index in [1.54, 1.807) is 32.6 Å². The van der Waals surface area contributed by atoms with Crippen LogP contribution in [0.3, 0.4) is 0 Å². The van der Waals surface area contributed by atoms with E-state index in [1.165, 1.54) is 11.3 Å². The molecule has 2 aromatic carbocycles. The summed E-state index contributed by atoms with van der Waals surface area (Å²) in [4.78, 5) is 22.0. The molecule has 0 saturated carbocycles. The summed E-state index contributed by atoms with van der Waals surface area (Å²) in [6, 6.07) is 12.8. The molecule has 0 radical (unpaired) electrons. The number of rotatable bonds is 7. The minimum Gasteiger partial charge on any atom is -0.497 e. The minimum absolute atomic E-state index is 0.0530. The molecule has 0 bridgehead atoms. The highest BCUT2D eigenvalue weighted by molar-refractivity contribution is 7.17. The molecule has 0 saturated heterocycles. The van der Waals surface area contributed by atoms with Crippen LogP contribution in [-0.4, -0.2) is 37.7 Å². The number of halogens is 1. The molecule has 1 aromatic heterocycles. The standard InChI is InChI=1S/C21H19ClN2O3S/c1-13-20(18(25)12-23-11-14-5-4-6-16(9-14)26-2)28-21(24-13)17-8-7-15(22)10-19(17)27-3/h4-11H,12H2,1-3H3. The number of hydrogen-bond donors (Lipinski definition) is 0. The van der Waals surface area contributed by atoms with Crippen molar-refractivity contribution < 1.29 is 14.3 Å². The lowest BCUT2D eigenvalue weighted by molar-refractivity contribution is 0.100. The largest absolute Gasteiger partial charge is 0.497 e. The van der Waals surface area contributed by atoms with E-state index < -0.39 is 0 Å². The second kappa shape index (κ2) is 8.99. The molecule has 0 aliphatic rings. The summed E-state index contributed by atoms with van der Waals surface area (Å²) in [6.07, 6.45) is 1.67. The zero-order chi connectivity index (χ0) is 20.1. The van der Waals surface area contributed by atoms with Gasteiger partial charge in [0.25, 0.3) is 0 Å². The van der Waals surface area contributed by atoms with Gasteiger partial charge in [-0.2, -0.15) is 0 Å². The molecule has 7 heteroatoms. The first-order chi connectivity index (χ1) is 13.5. The summed E-state index contributed by atoms with van der Waals surface area (Å²) in [7, 11) is 3.19. The monoisotopic (exact) mass is 414 g/mol. The molecule has 0 atom stereocenters. The maximum Gasteiger partial charge on any atom is 0.196 e. The van der Waals surface area contributed by atoms with E-state index in [0.29, 0.717) is 26.4 Å². The second-order valence-corrected chi connectivity index (χ2v) is 7.38. The highest BCUT2D eigenvalue weighted by Crippen LogP contribution is 2.36. The smallest absolute Gasteiger partial charge is 0.196 e. The normalized spacial score (nSPS) is 11.0. The zero-order valence-electron chi connectivity index (χ0n) is 15.7. The van der Waals surface area contributed by atoms with Crippen LogP contribution in [0, 0.1) is 6.92 Å². The number of carbonyl (C=O) groups excluding carboxylic acids is 1. The van der Waals surface area contributed by atoms with Gasteiger partial charge < -0.3 is 9.47 Å². The van der Waals surface area contributed by atoms with Crippen LogP contribution in [0.15, 0.2) is 47.5 Å². The number of ether oxygens (including phenoxy) is 2. The van der Waals surface area contributed by atoms with Crippen LogP contribution in [0.25, 0.3) is 10.6 Å². The van der Waals surface area contributed by atoms with Crippen LogP contribution < -0.4 is 9.47 Å². The number of nitrogens with zero attached hydrogens (tertiary/aromatic N) is 2. The second-order valence-electron chi connectivity index (χ2n) is 5.95. The molecule has 3 rings (SSSR count). The van der Waals surface area contributed by atoms with Gasteiger partial charge in [0.2, 0.25) is 0 Å². The van der Waals surface area contributed by atoms with Crippen molar-refractivity contribution in [1.29, 1.82) is 0 Å². The summed E-state index contributed by atoms with van der Waals surface area (Å²) < 4.78 is 10.6. The highest BCUT2D eigenvalue weighted by Gasteiger charge is 2.18. The maximum atomic E-state index is 12.6. The van der Waals surface area contributed by atoms with Crippen molar-refractivity contribution in [2.45, 2.75) is 6.92 Å². The molecule has 0 fully saturated rings. The molecule has 0 unspecified atom stereocenters. The van der Waals surface area contributed by atoms with Gasteiger partial charge in [0, 0.05) is 11.2 Å². The minimum atomic E-state index is -0.0756. The topological polar surface area (TPSA) is 60.8 Å². The van der Waals surface area contributed by atoms with E-state index in [9.17, 15) is 4.79 Å². The van der Waals surface area contributed by atoms with Crippen molar-refractivity contribution in [3.8, 4) is 22.1 Å². The Kier molecular flexibility index (Phi) is 6.44. The van der Waals surface area contributed by atoms with Crippen LogP contribution in [0.4, 0.5) is 0 Å². The lowest BCUT2D eigenvalue weighted by atomic mass is 10.2. The molecule has 0 amide bonds. The van der Waals surface area contributed by atoms with Crippen molar-refractivity contribution >= 4 is 34.9 Å². The van der Waals surface area contributed by atoms with Crippen LogP contribution in [-0.2, 0) is 0 Å². The quantitative estimate of drug-likeness (QED) is 0.399. The molecule has 0 aliphatic carbocycles. The molecule has 3 aromatic rings. The number of thiazole rings is 1. The van der Waals surface area contributed by atoms with Crippen molar-refractivity contribution in [3.63, 3.8) is 0 Å². The number of hydrogen-bond acceptors (Lipinski definition) is 6. The summed E-state index contributed by atoms with van der Waals surface area (Å²) in [5.74, 6) is 1.29. The first-order valence-electron chi connectivity index (χ1n) is 8.50. The number of methoxy groups -OCH3 is 2. The lowest BCUT2D eigenvalue weighted by Crippen LogP contribution is -2.03. The van der Waals surface area contributed by atoms with Crippen LogP contribution in [0.5, 0.6) is 11.5 Å². The lowest BCUT2D eigenvalue weighted by Gasteiger charge is -2.05. The summed E-state index contributed by atoms with van der Waals surface area (Å²) in [5, 5.41) is 1.29. The molecule has 28 heavy (non-hydrogen) atoms. The van der Waals surface area contributed by atoms with E-state index in [-0.39, 0.29) is 12.3 Å². The summed E-state index contributed by atoms with van der Waals surface area (Å²) in [5.41, 5.74) is 2.36. The first kappa shape index (κ1) is 20.0. The Balaban J connectivity index is 1.77. The molecule has 0 aliphatic heterocycles. The zero-order valence-corrected chi connectivity index (χ0v) is 17.3. The van der Waals surface area contributed by atoms with Crippen molar-refractivity contribution in [3.05, 3.63) is 63.6 Å². The molecule has 0 spiro atoms. The van der Waals surface area contributed by atoms with Gasteiger partial charge in [-0.15, -0.1) is 11.3 Å². The molecule has 5 nitrogen and oxygen atoms in total. The first-order valence-corrected chi connectivity index (χ1v) is 9.69. The fourth-order valence-corrected chi connectivity index (χ4v) is 3.83. The fourth-order valence-electron chi connectivity index (χ4n) is 2.64. The van der Waals surface area contributed by atoms with Gasteiger partial charge in [0.1, 0.15) is 23.1 Å². The summed E-state index contributed by atoms with van der Waals surface area (Å²) >= 11 is 7.35. The number of benzene rings is 2. The predicted octanol–water partition coefficient (Wildman–Crippen LogP) is 5.09. The van der Waals surface area contributed by atoms with Gasteiger partial charge >= 0.3 is 0 Å². The Morgan fingerprint density at radius 1 is 1.21 bits per heavy atom. The van der Waals surface area contributed by atoms with Gasteiger partial charge in [-0.25, -0.2) is 4.98 Å². The Labute approximate surface area is 172 Å². The predicted molar refractivity (Wildman–Crippen MR) is 114 cm³/mol. The molecule has 0 N–H and O–H groups in total. The third kappa shape index (κ3) is 4.58. The Bertz CT molecular complexity index is 1030. The van der Waals surface area contributed by atoms with Crippen molar-refractivity contribution in [2.24, 2.45) is 4.99 Å². The number of Topliss-reactive ketones (excluding diaryl/α,β-unsaturated/α-hetero) is 1. The number of aliphatic imine (C=N–C) groups is 1. The maximum absolute atomic E-state index is 12.6. The van der Waals surface area contributed by atoms with Gasteiger partial charge in [-0.1, -0.05) is 23.7 Å². The van der Waals surface area contributed by atoms with Gasteiger partial charge in [0.15, 0.2) is 5.78 Å². The average molecular weight is 415 g/mol. The van der Waals surface area contributed by atoms with Crippen LogP contribution >= 0.6 is 22.9 Å². The third-order valence-electron chi connectivity index (χ3n) is 4.01. The van der Waals surface area contributed by atoms with Crippen LogP contribution in [0.2, 0.25) is 5.02 Å². The highest BCUT2D eigenvalue weighted by atomic mass is 35.5. The van der Waals surface area contributed by atoms with E-state index in [1.807, 2.05) is 37.3 Å². The average Bonchev–Trinajstić information content (AvgIpc) is 3.09. The van der Waals surface area contributed by atoms with E-state index >= 15 is 0 Å². The van der Waals surface area contributed by atoms with E-state index in [4.69, 9.17) is 21.1 Å². The third-order valence-corrected chi connectivity index (χ3v) is 5.48. The van der Waals surface area contributed by atoms with Crippen molar-refractivity contribution in [2.75, 3.05) is 20.8 Å². The summed E-state index contributed by atoms with van der Waals surface area (Å²) in [6.45, 7) is 1.87. The Hall–Kier alpha value is -2.70. The molecular formula is C21H19ClN2O3S. The number of aromatic nitrogens is 1. The van der Waals surface area contributed by atoms with Crippen LogP contribution in [0.1, 0.15) is 20.9 Å². The van der Waals surface area contributed by atoms with E-state index in [2.05, 4.69) is 9.98 Å². The molecule has 1 heterocycles. The molecular weight excluding hydrogens is 396 g/mol. The molecule has 144 valence electrons. The Morgan fingerprint density at radius 2 is 2.04 bits per heavy atom. The SMILES string of the molecule is COc1cccc(C=NCC(=O)c2sc(-c3ccc(Cl)cc3OC)nc2C)c1. The number of carbonyl (C=O) groups is 1. The fraction of sp³-hybridized carbons (Fsp3) is 0.190.